The lowest BCUT2D eigenvalue weighted by atomic mass is 10.1. The van der Waals surface area contributed by atoms with Crippen LogP contribution in [0, 0.1) is 0 Å². The molecule has 0 saturated carbocycles. The summed E-state index contributed by atoms with van der Waals surface area (Å²) < 4.78 is 22.6. The second kappa shape index (κ2) is 11.7. The largest absolute Gasteiger partial charge is 0.382 e. The number of ketones is 1. The van der Waals surface area contributed by atoms with Crippen molar-refractivity contribution in [2.45, 2.75) is 57.9 Å². The Morgan fingerprint density at radius 2 is 2.11 bits per heavy atom. The lowest BCUT2D eigenvalue weighted by Gasteiger charge is -2.28. The standard InChI is InChI=1S/C10H12N4O4.C9H14N5O4P/c1-5-4-14(8(16)3-7(5)15)9-2-6(12-13-11)10(17)18-9;1-6(18-5-19(15,16)17)2-14-4-13-7-8(10)11-3-12-9(7)14/h4,6,9-10,17H,2-3H2,1H3;3-4,6H,2,5H2,1H3,(H2,10,11,12)(H2,15,16,17)/t6-,9?,10-;6-/m01/s1. The van der Waals surface area contributed by atoms with Gasteiger partial charge < -0.3 is 34.7 Å². The molecule has 18 heteroatoms. The zero-order valence-corrected chi connectivity index (χ0v) is 20.7. The summed E-state index contributed by atoms with van der Waals surface area (Å²) in [4.78, 5) is 56.3. The highest BCUT2D eigenvalue weighted by molar-refractivity contribution is 7.51. The first-order valence-corrected chi connectivity index (χ1v) is 12.7. The van der Waals surface area contributed by atoms with Gasteiger partial charge in [-0.2, -0.15) is 0 Å². The molecule has 2 aliphatic heterocycles. The first-order chi connectivity index (χ1) is 17.4. The minimum absolute atomic E-state index is 0.203. The van der Waals surface area contributed by atoms with Crippen molar-refractivity contribution in [2.24, 2.45) is 5.11 Å². The third kappa shape index (κ3) is 7.30. The fourth-order valence-electron chi connectivity index (χ4n) is 3.53. The maximum absolute atomic E-state index is 11.7. The Kier molecular flexibility index (Phi) is 8.94. The molecule has 0 aromatic carbocycles. The van der Waals surface area contributed by atoms with Crippen LogP contribution >= 0.6 is 7.60 Å². The molecule has 4 rings (SSSR count). The number of aliphatic hydroxyl groups excluding tert-OH is 1. The van der Waals surface area contributed by atoms with Crippen molar-refractivity contribution in [3.63, 3.8) is 0 Å². The van der Waals surface area contributed by atoms with E-state index in [0.717, 1.165) is 0 Å². The highest BCUT2D eigenvalue weighted by atomic mass is 31.2. The molecule has 2 aliphatic rings. The number of ether oxygens (including phenoxy) is 2. The van der Waals surface area contributed by atoms with Crippen molar-refractivity contribution in [1.29, 1.82) is 0 Å². The van der Waals surface area contributed by atoms with E-state index in [9.17, 15) is 19.3 Å². The van der Waals surface area contributed by atoms with Crippen LogP contribution < -0.4 is 5.73 Å². The molecule has 1 amide bonds. The number of allylic oxidation sites excluding steroid dienone is 1. The van der Waals surface area contributed by atoms with Crippen molar-refractivity contribution in [2.75, 3.05) is 12.1 Å². The van der Waals surface area contributed by atoms with Crippen molar-refractivity contribution in [3.8, 4) is 0 Å². The molecule has 4 atom stereocenters. The van der Waals surface area contributed by atoms with E-state index in [-0.39, 0.29) is 30.3 Å². The van der Waals surface area contributed by atoms with E-state index in [1.807, 2.05) is 0 Å². The fourth-order valence-corrected chi connectivity index (χ4v) is 3.98. The third-order valence-electron chi connectivity index (χ3n) is 5.36. The molecule has 0 bridgehead atoms. The van der Waals surface area contributed by atoms with Gasteiger partial charge in [-0.3, -0.25) is 19.1 Å². The maximum atomic E-state index is 11.7. The zero-order valence-electron chi connectivity index (χ0n) is 19.9. The SMILES string of the molecule is CC1=CN(C2C[C@H](N=[N+]=[N-])[C@@H](O)O2)C(=O)CC1=O.C[C@H](Cn1cnc2c(N)ncnc21)OCP(=O)(O)O. The maximum Gasteiger partial charge on any atom is 0.350 e. The van der Waals surface area contributed by atoms with E-state index >= 15 is 0 Å². The molecule has 4 heterocycles. The average Bonchev–Trinajstić information content (AvgIpc) is 3.39. The van der Waals surface area contributed by atoms with Gasteiger partial charge in [0.15, 0.2) is 23.5 Å². The van der Waals surface area contributed by atoms with Gasteiger partial charge in [0.05, 0.1) is 31.4 Å². The lowest BCUT2D eigenvalue weighted by Crippen LogP contribution is -2.40. The van der Waals surface area contributed by atoms with Crippen molar-refractivity contribution in [1.82, 2.24) is 24.4 Å². The molecule has 1 fully saturated rings. The van der Waals surface area contributed by atoms with E-state index in [4.69, 9.17) is 30.5 Å². The van der Waals surface area contributed by atoms with Crippen LogP contribution in [0.3, 0.4) is 0 Å². The number of nitrogens with zero attached hydrogens (tertiary/aromatic N) is 8. The Hall–Kier alpha value is -3.43. The summed E-state index contributed by atoms with van der Waals surface area (Å²) in [5.41, 5.74) is 15.5. The van der Waals surface area contributed by atoms with E-state index in [1.54, 1.807) is 18.4 Å². The lowest BCUT2D eigenvalue weighted by molar-refractivity contribution is -0.156. The number of aromatic nitrogens is 4. The first-order valence-electron chi connectivity index (χ1n) is 10.9. The smallest absolute Gasteiger partial charge is 0.350 e. The predicted molar refractivity (Wildman–Crippen MR) is 126 cm³/mol. The minimum Gasteiger partial charge on any atom is -0.382 e. The summed E-state index contributed by atoms with van der Waals surface area (Å²) in [6.07, 6.45) is 1.32. The number of imidazole rings is 1. The summed E-state index contributed by atoms with van der Waals surface area (Å²) in [5.74, 6) is -0.321. The molecule has 1 saturated heterocycles. The van der Waals surface area contributed by atoms with Gasteiger partial charge in [0.1, 0.15) is 24.4 Å². The van der Waals surface area contributed by atoms with Crippen LogP contribution in [0.25, 0.3) is 21.6 Å². The molecule has 2 aromatic heterocycles. The van der Waals surface area contributed by atoms with Gasteiger partial charge in [-0.15, -0.1) is 0 Å². The third-order valence-corrected chi connectivity index (χ3v) is 5.85. The van der Waals surface area contributed by atoms with Crippen LogP contribution in [-0.4, -0.2) is 82.0 Å². The van der Waals surface area contributed by atoms with Gasteiger partial charge in [-0.1, -0.05) is 5.11 Å². The summed E-state index contributed by atoms with van der Waals surface area (Å²) >= 11 is 0. The number of aliphatic hydroxyl groups is 1. The number of carbonyl (C=O) groups excluding carboxylic acids is 2. The van der Waals surface area contributed by atoms with E-state index < -0.39 is 38.6 Å². The molecule has 2 aromatic rings. The molecular weight excluding hydrogens is 513 g/mol. The Morgan fingerprint density at radius 3 is 2.78 bits per heavy atom. The number of nitrogens with two attached hydrogens (primary N) is 1. The van der Waals surface area contributed by atoms with Crippen LogP contribution in [0.5, 0.6) is 0 Å². The zero-order chi connectivity index (χ0) is 27.3. The Labute approximate surface area is 209 Å². The number of amides is 1. The van der Waals surface area contributed by atoms with Gasteiger partial charge in [0.2, 0.25) is 5.91 Å². The normalized spacial score (nSPS) is 22.8. The monoisotopic (exact) mass is 539 g/mol. The molecular formula is C19H26N9O8P. The summed E-state index contributed by atoms with van der Waals surface area (Å²) in [6, 6.07) is -0.723. The molecule has 1 unspecified atom stereocenters. The molecule has 17 nitrogen and oxygen atoms in total. The molecule has 5 N–H and O–H groups in total. The Morgan fingerprint density at radius 1 is 1.38 bits per heavy atom. The van der Waals surface area contributed by atoms with Gasteiger partial charge in [-0.25, -0.2) is 15.0 Å². The van der Waals surface area contributed by atoms with Gasteiger partial charge in [0, 0.05) is 23.1 Å². The number of carbonyl (C=O) groups is 2. The molecule has 0 aliphatic carbocycles. The number of anilines is 1. The summed E-state index contributed by atoms with van der Waals surface area (Å²) in [7, 11) is -4.16. The average molecular weight is 539 g/mol. The van der Waals surface area contributed by atoms with Crippen molar-refractivity contribution in [3.05, 3.63) is 34.9 Å². The Balaban J connectivity index is 0.000000206. The quantitative estimate of drug-likeness (QED) is 0.122. The number of fused-ring (bicyclic) bond motifs is 1. The van der Waals surface area contributed by atoms with Gasteiger partial charge in [-0.05, 0) is 19.4 Å². The predicted octanol–water partition coefficient (Wildman–Crippen LogP) is 0.384. The van der Waals surface area contributed by atoms with Crippen LogP contribution in [0.15, 0.2) is 29.5 Å². The van der Waals surface area contributed by atoms with E-state index in [2.05, 4.69) is 25.0 Å². The Bertz CT molecular complexity index is 1290. The van der Waals surface area contributed by atoms with Crippen molar-refractivity contribution < 1.29 is 38.5 Å². The number of hydrogen-bond donors (Lipinski definition) is 4. The number of rotatable bonds is 7. The number of azide groups is 1. The second-order valence-electron chi connectivity index (χ2n) is 8.30. The summed E-state index contributed by atoms with van der Waals surface area (Å²) in [6.45, 7) is 3.66. The first kappa shape index (κ1) is 28.1. The van der Waals surface area contributed by atoms with Crippen LogP contribution in [0.2, 0.25) is 0 Å². The molecule has 0 spiro atoms. The van der Waals surface area contributed by atoms with E-state index in [0.29, 0.717) is 23.3 Å². The van der Waals surface area contributed by atoms with Gasteiger partial charge >= 0.3 is 7.60 Å². The minimum atomic E-state index is -4.16. The fraction of sp³-hybridized carbons (Fsp3) is 0.526. The van der Waals surface area contributed by atoms with Crippen LogP contribution in [0.1, 0.15) is 26.7 Å². The number of nitrogen functional groups attached to an aromatic ring is 1. The number of Topliss-reactive ketones (excluding diaryl/α,β-unsaturated/α-hetero) is 1. The molecule has 200 valence electrons. The summed E-state index contributed by atoms with van der Waals surface area (Å²) in [5, 5.41) is 12.9. The highest BCUT2D eigenvalue weighted by Gasteiger charge is 2.39. The van der Waals surface area contributed by atoms with Crippen molar-refractivity contribution >= 4 is 36.3 Å². The van der Waals surface area contributed by atoms with Crippen LogP contribution in [-0.2, 0) is 30.2 Å². The van der Waals surface area contributed by atoms with Crippen LogP contribution in [0.4, 0.5) is 5.82 Å². The topological polar surface area (TPSA) is 252 Å². The van der Waals surface area contributed by atoms with Gasteiger partial charge in [0.25, 0.3) is 0 Å². The highest BCUT2D eigenvalue weighted by Crippen LogP contribution is 2.34. The molecule has 37 heavy (non-hydrogen) atoms. The number of hydrogen-bond acceptors (Lipinski definition) is 11. The second-order valence-corrected chi connectivity index (χ2v) is 9.89. The molecule has 0 radical (unpaired) electrons. The van der Waals surface area contributed by atoms with E-state index in [1.165, 1.54) is 23.8 Å².